The first-order valence-electron chi connectivity index (χ1n) is 5.48. The SMILES string of the molecule is Cc1cc(N(C)C)c2cc(F)cc(C(N)=S)c2n1. The van der Waals surface area contributed by atoms with Gasteiger partial charge in [0.05, 0.1) is 5.52 Å². The number of pyridine rings is 1. The number of thiocarbonyl (C=S) groups is 1. The van der Waals surface area contributed by atoms with Crippen LogP contribution in [0, 0.1) is 12.7 Å². The fourth-order valence-electron chi connectivity index (χ4n) is 1.96. The predicted octanol–water partition coefficient (Wildman–Crippen LogP) is 2.38. The van der Waals surface area contributed by atoms with Crippen LogP contribution in [0.5, 0.6) is 0 Å². The average molecular weight is 263 g/mol. The van der Waals surface area contributed by atoms with E-state index in [4.69, 9.17) is 18.0 Å². The van der Waals surface area contributed by atoms with Gasteiger partial charge in [0.2, 0.25) is 0 Å². The molecule has 0 aliphatic carbocycles. The number of hydrogen-bond donors (Lipinski definition) is 1. The minimum absolute atomic E-state index is 0.155. The van der Waals surface area contributed by atoms with E-state index in [0.29, 0.717) is 16.5 Å². The lowest BCUT2D eigenvalue weighted by atomic mass is 10.1. The van der Waals surface area contributed by atoms with Crippen LogP contribution in [0.25, 0.3) is 10.9 Å². The van der Waals surface area contributed by atoms with Gasteiger partial charge >= 0.3 is 0 Å². The lowest BCUT2D eigenvalue weighted by molar-refractivity contribution is 0.629. The molecule has 0 saturated heterocycles. The number of anilines is 1. The summed E-state index contributed by atoms with van der Waals surface area (Å²) in [4.78, 5) is 6.49. The summed E-state index contributed by atoms with van der Waals surface area (Å²) < 4.78 is 13.6. The Labute approximate surface area is 110 Å². The Morgan fingerprint density at radius 3 is 2.56 bits per heavy atom. The van der Waals surface area contributed by atoms with E-state index in [9.17, 15) is 4.39 Å². The van der Waals surface area contributed by atoms with Crippen LogP contribution >= 0.6 is 12.2 Å². The number of nitrogens with two attached hydrogens (primary N) is 1. The van der Waals surface area contributed by atoms with Crippen LogP contribution in [-0.2, 0) is 0 Å². The van der Waals surface area contributed by atoms with Crippen molar-refractivity contribution in [1.29, 1.82) is 0 Å². The van der Waals surface area contributed by atoms with Gasteiger partial charge in [-0.25, -0.2) is 4.39 Å². The molecule has 0 bridgehead atoms. The van der Waals surface area contributed by atoms with Gasteiger partial charge in [0.15, 0.2) is 0 Å². The minimum Gasteiger partial charge on any atom is -0.389 e. The van der Waals surface area contributed by atoms with Crippen molar-refractivity contribution < 1.29 is 4.39 Å². The summed E-state index contributed by atoms with van der Waals surface area (Å²) in [5.74, 6) is -0.362. The second-order valence-corrected chi connectivity index (χ2v) is 4.83. The Morgan fingerprint density at radius 2 is 2.00 bits per heavy atom. The van der Waals surface area contributed by atoms with Crippen LogP contribution in [0.2, 0.25) is 0 Å². The highest BCUT2D eigenvalue weighted by Crippen LogP contribution is 2.28. The summed E-state index contributed by atoms with van der Waals surface area (Å²) in [5.41, 5.74) is 8.50. The molecule has 18 heavy (non-hydrogen) atoms. The van der Waals surface area contributed by atoms with E-state index in [-0.39, 0.29) is 10.8 Å². The fourth-order valence-corrected chi connectivity index (χ4v) is 2.11. The second-order valence-electron chi connectivity index (χ2n) is 4.39. The van der Waals surface area contributed by atoms with E-state index >= 15 is 0 Å². The smallest absolute Gasteiger partial charge is 0.124 e. The Balaban J connectivity index is 2.94. The largest absolute Gasteiger partial charge is 0.389 e. The quantitative estimate of drug-likeness (QED) is 0.845. The number of rotatable bonds is 2. The van der Waals surface area contributed by atoms with Crippen LogP contribution in [0.1, 0.15) is 11.3 Å². The van der Waals surface area contributed by atoms with Gasteiger partial charge in [-0.3, -0.25) is 4.98 Å². The zero-order valence-corrected chi connectivity index (χ0v) is 11.3. The molecule has 0 aliphatic rings. The van der Waals surface area contributed by atoms with Crippen molar-refractivity contribution in [3.63, 3.8) is 0 Å². The van der Waals surface area contributed by atoms with Crippen molar-refractivity contribution in [3.8, 4) is 0 Å². The second kappa shape index (κ2) is 4.49. The third-order valence-electron chi connectivity index (χ3n) is 2.73. The number of fused-ring (bicyclic) bond motifs is 1. The molecule has 0 saturated carbocycles. The fraction of sp³-hybridized carbons (Fsp3) is 0.231. The zero-order valence-electron chi connectivity index (χ0n) is 10.5. The van der Waals surface area contributed by atoms with Crippen LogP contribution < -0.4 is 10.6 Å². The Morgan fingerprint density at radius 1 is 1.33 bits per heavy atom. The molecule has 2 rings (SSSR count). The molecule has 1 aromatic heterocycles. The third kappa shape index (κ3) is 2.13. The minimum atomic E-state index is -0.362. The molecule has 0 unspecified atom stereocenters. The summed E-state index contributed by atoms with van der Waals surface area (Å²) in [6.07, 6.45) is 0. The van der Waals surface area contributed by atoms with Gasteiger partial charge in [0, 0.05) is 36.4 Å². The lowest BCUT2D eigenvalue weighted by Gasteiger charge is -2.17. The van der Waals surface area contributed by atoms with Crippen molar-refractivity contribution in [1.82, 2.24) is 4.98 Å². The lowest BCUT2D eigenvalue weighted by Crippen LogP contribution is -2.14. The predicted molar refractivity (Wildman–Crippen MR) is 76.7 cm³/mol. The average Bonchev–Trinajstić information content (AvgIpc) is 2.27. The maximum Gasteiger partial charge on any atom is 0.124 e. The topological polar surface area (TPSA) is 42.1 Å². The highest BCUT2D eigenvalue weighted by Gasteiger charge is 2.13. The zero-order chi connectivity index (χ0) is 13.4. The molecule has 1 aromatic carbocycles. The number of aryl methyl sites for hydroxylation is 1. The van der Waals surface area contributed by atoms with E-state index in [1.807, 2.05) is 32.0 Å². The van der Waals surface area contributed by atoms with Crippen molar-refractivity contribution >= 4 is 33.8 Å². The number of halogens is 1. The summed E-state index contributed by atoms with van der Waals surface area (Å²) in [5, 5.41) is 0.716. The molecule has 3 nitrogen and oxygen atoms in total. The van der Waals surface area contributed by atoms with Crippen molar-refractivity contribution in [2.75, 3.05) is 19.0 Å². The molecule has 5 heteroatoms. The first-order chi connectivity index (χ1) is 8.40. The van der Waals surface area contributed by atoms with E-state index < -0.39 is 0 Å². The molecule has 2 N–H and O–H groups in total. The molecular formula is C13H14FN3S. The molecule has 0 spiro atoms. The summed E-state index contributed by atoms with van der Waals surface area (Å²) in [7, 11) is 3.80. The highest BCUT2D eigenvalue weighted by molar-refractivity contribution is 7.80. The molecule has 2 aromatic rings. The normalized spacial score (nSPS) is 10.7. The van der Waals surface area contributed by atoms with Gasteiger partial charge in [0.25, 0.3) is 0 Å². The van der Waals surface area contributed by atoms with Crippen molar-refractivity contribution in [2.24, 2.45) is 5.73 Å². The van der Waals surface area contributed by atoms with Gasteiger partial charge in [-0.1, -0.05) is 12.2 Å². The molecule has 1 heterocycles. The van der Waals surface area contributed by atoms with Crippen LogP contribution in [-0.4, -0.2) is 24.1 Å². The van der Waals surface area contributed by atoms with Gasteiger partial charge in [-0.2, -0.15) is 0 Å². The van der Waals surface area contributed by atoms with Gasteiger partial charge in [0.1, 0.15) is 10.8 Å². The summed E-state index contributed by atoms with van der Waals surface area (Å²) >= 11 is 4.96. The van der Waals surface area contributed by atoms with E-state index in [1.54, 1.807) is 0 Å². The Hall–Kier alpha value is -1.75. The standard InChI is InChI=1S/C13H14FN3S/c1-7-4-11(17(2)3)9-5-8(14)6-10(13(15)18)12(9)16-7/h4-6H,1-3H3,(H2,15,18). The summed E-state index contributed by atoms with van der Waals surface area (Å²) in [6.45, 7) is 1.89. The Kier molecular flexibility index (Phi) is 3.17. The molecule has 0 aliphatic heterocycles. The third-order valence-corrected chi connectivity index (χ3v) is 2.95. The first-order valence-corrected chi connectivity index (χ1v) is 5.89. The van der Waals surface area contributed by atoms with E-state index in [2.05, 4.69) is 4.98 Å². The molecule has 0 radical (unpaired) electrons. The van der Waals surface area contributed by atoms with E-state index in [0.717, 1.165) is 11.4 Å². The maximum atomic E-state index is 13.6. The summed E-state index contributed by atoms with van der Waals surface area (Å²) in [6, 6.07) is 4.69. The highest BCUT2D eigenvalue weighted by atomic mass is 32.1. The number of benzene rings is 1. The van der Waals surface area contributed by atoms with Gasteiger partial charge < -0.3 is 10.6 Å². The van der Waals surface area contributed by atoms with Crippen LogP contribution in [0.3, 0.4) is 0 Å². The number of aromatic nitrogens is 1. The van der Waals surface area contributed by atoms with Crippen molar-refractivity contribution in [3.05, 3.63) is 35.3 Å². The molecular weight excluding hydrogens is 249 g/mol. The van der Waals surface area contributed by atoms with Crippen molar-refractivity contribution in [2.45, 2.75) is 6.92 Å². The molecule has 94 valence electrons. The molecule has 0 fully saturated rings. The van der Waals surface area contributed by atoms with Gasteiger partial charge in [-0.05, 0) is 25.1 Å². The van der Waals surface area contributed by atoms with Crippen LogP contribution in [0.4, 0.5) is 10.1 Å². The monoisotopic (exact) mass is 263 g/mol. The Bertz CT molecular complexity index is 638. The molecule has 0 amide bonds. The van der Waals surface area contributed by atoms with Gasteiger partial charge in [-0.15, -0.1) is 0 Å². The number of hydrogen-bond acceptors (Lipinski definition) is 3. The number of nitrogens with zero attached hydrogens (tertiary/aromatic N) is 2. The van der Waals surface area contributed by atoms with E-state index in [1.165, 1.54) is 12.1 Å². The van der Waals surface area contributed by atoms with Crippen LogP contribution in [0.15, 0.2) is 18.2 Å². The maximum absolute atomic E-state index is 13.6. The molecule has 0 atom stereocenters. The first kappa shape index (κ1) is 12.7.